The van der Waals surface area contributed by atoms with E-state index in [1.807, 2.05) is 0 Å². The van der Waals surface area contributed by atoms with Gasteiger partial charge in [0.2, 0.25) is 5.91 Å². The predicted molar refractivity (Wildman–Crippen MR) is 92.1 cm³/mol. The molecule has 1 aliphatic rings. The molecule has 1 saturated heterocycles. The van der Waals surface area contributed by atoms with Crippen molar-refractivity contribution < 1.29 is 9.53 Å². The highest BCUT2D eigenvalue weighted by atomic mass is 16.5. The normalized spacial score (nSPS) is 21.2. The monoisotopic (exact) mass is 312 g/mol. The number of carbonyl (C=O) groups excluding carboxylic acids is 1. The fourth-order valence-electron chi connectivity index (χ4n) is 2.91. The Hall–Kier alpha value is -0.610. The molecule has 0 spiro atoms. The van der Waals surface area contributed by atoms with E-state index in [2.05, 4.69) is 24.5 Å². The summed E-state index contributed by atoms with van der Waals surface area (Å²) >= 11 is 0. The number of hydrogen-bond donors (Lipinski definition) is 2. The van der Waals surface area contributed by atoms with Crippen molar-refractivity contribution in [3.63, 3.8) is 0 Å². The molecule has 0 bridgehead atoms. The zero-order valence-corrected chi connectivity index (χ0v) is 14.7. The van der Waals surface area contributed by atoms with Crippen LogP contribution in [-0.4, -0.2) is 37.7 Å². The van der Waals surface area contributed by atoms with Gasteiger partial charge in [-0.15, -0.1) is 0 Å². The molecule has 0 radical (unpaired) electrons. The first-order valence-corrected chi connectivity index (χ1v) is 9.39. The standard InChI is InChI=1S/C18H36N2O2/c1-3-5-7-9-11-13-22-17-15-19-14-16(17)20-18(21)12-10-8-6-4-2/h16-17,19H,3-15H2,1-2H3,(H,20,21)/t16-,17-/m1/s1. The van der Waals surface area contributed by atoms with Crippen LogP contribution in [0.1, 0.15) is 78.1 Å². The third-order valence-corrected chi connectivity index (χ3v) is 4.34. The van der Waals surface area contributed by atoms with Crippen molar-refractivity contribution in [1.29, 1.82) is 0 Å². The van der Waals surface area contributed by atoms with E-state index in [-0.39, 0.29) is 18.1 Å². The fourth-order valence-corrected chi connectivity index (χ4v) is 2.91. The van der Waals surface area contributed by atoms with Crippen LogP contribution in [0, 0.1) is 0 Å². The minimum atomic E-state index is 0.144. The second kappa shape index (κ2) is 12.9. The number of rotatable bonds is 13. The molecule has 0 aliphatic carbocycles. The Labute approximate surface area is 136 Å². The summed E-state index contributed by atoms with van der Waals surface area (Å²) in [5.41, 5.74) is 0. The average molecular weight is 312 g/mol. The molecule has 2 atom stereocenters. The lowest BCUT2D eigenvalue weighted by Gasteiger charge is -2.20. The number of hydrogen-bond acceptors (Lipinski definition) is 3. The van der Waals surface area contributed by atoms with Gasteiger partial charge in [0.25, 0.3) is 0 Å². The molecule has 22 heavy (non-hydrogen) atoms. The Kier molecular flexibility index (Phi) is 11.4. The van der Waals surface area contributed by atoms with Crippen LogP contribution in [-0.2, 0) is 9.53 Å². The van der Waals surface area contributed by atoms with Crippen LogP contribution in [0.4, 0.5) is 0 Å². The molecule has 130 valence electrons. The summed E-state index contributed by atoms with van der Waals surface area (Å²) in [5.74, 6) is 0.182. The lowest BCUT2D eigenvalue weighted by Crippen LogP contribution is -2.44. The number of amides is 1. The first-order valence-electron chi connectivity index (χ1n) is 9.39. The summed E-state index contributed by atoms with van der Waals surface area (Å²) in [6.45, 7) is 6.93. The van der Waals surface area contributed by atoms with Crippen LogP contribution < -0.4 is 10.6 Å². The first-order chi connectivity index (χ1) is 10.8. The van der Waals surface area contributed by atoms with Gasteiger partial charge in [0, 0.05) is 26.1 Å². The van der Waals surface area contributed by atoms with E-state index in [1.54, 1.807) is 0 Å². The molecule has 0 aromatic rings. The van der Waals surface area contributed by atoms with Crippen LogP contribution in [0.25, 0.3) is 0 Å². The van der Waals surface area contributed by atoms with Crippen molar-refractivity contribution in [2.75, 3.05) is 19.7 Å². The van der Waals surface area contributed by atoms with Gasteiger partial charge in [-0.25, -0.2) is 0 Å². The Balaban J connectivity index is 2.10. The van der Waals surface area contributed by atoms with E-state index < -0.39 is 0 Å². The zero-order chi connectivity index (χ0) is 16.0. The van der Waals surface area contributed by atoms with Crippen LogP contribution in [0.3, 0.4) is 0 Å². The number of carbonyl (C=O) groups is 1. The Morgan fingerprint density at radius 2 is 1.68 bits per heavy atom. The summed E-state index contributed by atoms with van der Waals surface area (Å²) in [5, 5.41) is 6.47. The molecule has 1 fully saturated rings. The van der Waals surface area contributed by atoms with Crippen LogP contribution in [0.15, 0.2) is 0 Å². The van der Waals surface area contributed by atoms with Gasteiger partial charge in [0.05, 0.1) is 12.1 Å². The van der Waals surface area contributed by atoms with E-state index in [1.165, 1.54) is 38.5 Å². The maximum atomic E-state index is 12.0. The van der Waals surface area contributed by atoms with Gasteiger partial charge in [-0.1, -0.05) is 58.8 Å². The minimum Gasteiger partial charge on any atom is -0.375 e. The molecule has 4 heteroatoms. The zero-order valence-electron chi connectivity index (χ0n) is 14.7. The number of nitrogens with one attached hydrogen (secondary N) is 2. The molecule has 0 saturated carbocycles. The van der Waals surface area contributed by atoms with Crippen LogP contribution >= 0.6 is 0 Å². The molecule has 0 unspecified atom stereocenters. The van der Waals surface area contributed by atoms with Crippen molar-refractivity contribution in [1.82, 2.24) is 10.6 Å². The maximum absolute atomic E-state index is 12.0. The SMILES string of the molecule is CCCCCCCO[C@@H]1CNC[C@H]1NC(=O)CCCCCC. The smallest absolute Gasteiger partial charge is 0.220 e. The van der Waals surface area contributed by atoms with Crippen molar-refractivity contribution in [2.24, 2.45) is 0 Å². The first kappa shape index (κ1) is 19.4. The van der Waals surface area contributed by atoms with Crippen LogP contribution in [0.5, 0.6) is 0 Å². The molecule has 0 aromatic carbocycles. The lowest BCUT2D eigenvalue weighted by molar-refractivity contribution is -0.122. The third-order valence-electron chi connectivity index (χ3n) is 4.34. The summed E-state index contributed by atoms with van der Waals surface area (Å²) in [6.07, 6.45) is 11.7. The summed E-state index contributed by atoms with van der Waals surface area (Å²) < 4.78 is 5.96. The Morgan fingerprint density at radius 3 is 2.41 bits per heavy atom. The molecule has 4 nitrogen and oxygen atoms in total. The van der Waals surface area contributed by atoms with Crippen molar-refractivity contribution in [3.8, 4) is 0 Å². The topological polar surface area (TPSA) is 50.4 Å². The molecule has 2 N–H and O–H groups in total. The third kappa shape index (κ3) is 8.74. The highest BCUT2D eigenvalue weighted by Crippen LogP contribution is 2.09. The predicted octanol–water partition coefficient (Wildman–Crippen LogP) is 3.40. The Bertz CT molecular complexity index is 284. The van der Waals surface area contributed by atoms with Gasteiger partial charge < -0.3 is 15.4 Å². The van der Waals surface area contributed by atoms with Crippen LogP contribution in [0.2, 0.25) is 0 Å². The summed E-state index contributed by atoms with van der Waals surface area (Å²) in [6, 6.07) is 0.148. The molecule has 1 rings (SSSR count). The van der Waals surface area contributed by atoms with Gasteiger partial charge >= 0.3 is 0 Å². The number of ether oxygens (including phenoxy) is 1. The van der Waals surface area contributed by atoms with E-state index in [0.29, 0.717) is 6.42 Å². The molecule has 0 aromatic heterocycles. The molecular weight excluding hydrogens is 276 g/mol. The fraction of sp³-hybridized carbons (Fsp3) is 0.944. The maximum Gasteiger partial charge on any atom is 0.220 e. The summed E-state index contributed by atoms with van der Waals surface area (Å²) in [4.78, 5) is 12.0. The second-order valence-electron chi connectivity index (χ2n) is 6.47. The quantitative estimate of drug-likeness (QED) is 0.512. The Morgan fingerprint density at radius 1 is 1.00 bits per heavy atom. The largest absolute Gasteiger partial charge is 0.375 e. The van der Waals surface area contributed by atoms with Gasteiger partial charge in [0.15, 0.2) is 0 Å². The van der Waals surface area contributed by atoms with Gasteiger partial charge in [0.1, 0.15) is 0 Å². The van der Waals surface area contributed by atoms with E-state index in [4.69, 9.17) is 4.74 Å². The summed E-state index contributed by atoms with van der Waals surface area (Å²) in [7, 11) is 0. The van der Waals surface area contributed by atoms with Crippen molar-refractivity contribution in [3.05, 3.63) is 0 Å². The van der Waals surface area contributed by atoms with Crippen molar-refractivity contribution >= 4 is 5.91 Å². The molecule has 1 amide bonds. The van der Waals surface area contributed by atoms with Crippen molar-refractivity contribution in [2.45, 2.75) is 90.2 Å². The molecule has 1 heterocycles. The minimum absolute atomic E-state index is 0.144. The lowest BCUT2D eigenvalue weighted by atomic mass is 10.1. The average Bonchev–Trinajstić information content (AvgIpc) is 2.94. The molecular formula is C18H36N2O2. The van der Waals surface area contributed by atoms with Gasteiger partial charge in [-0.2, -0.15) is 0 Å². The van der Waals surface area contributed by atoms with E-state index in [9.17, 15) is 4.79 Å². The highest BCUT2D eigenvalue weighted by molar-refractivity contribution is 5.76. The number of unbranched alkanes of at least 4 members (excludes halogenated alkanes) is 7. The molecule has 1 aliphatic heterocycles. The van der Waals surface area contributed by atoms with Gasteiger partial charge in [-0.3, -0.25) is 4.79 Å². The highest BCUT2D eigenvalue weighted by Gasteiger charge is 2.28. The second-order valence-corrected chi connectivity index (χ2v) is 6.47. The van der Waals surface area contributed by atoms with E-state index >= 15 is 0 Å². The van der Waals surface area contributed by atoms with Gasteiger partial charge in [-0.05, 0) is 12.8 Å². The van der Waals surface area contributed by atoms with E-state index in [0.717, 1.165) is 39.0 Å².